The van der Waals surface area contributed by atoms with Crippen molar-refractivity contribution in [2.24, 2.45) is 5.92 Å². The lowest BCUT2D eigenvalue weighted by molar-refractivity contribution is -0.378. The van der Waals surface area contributed by atoms with Gasteiger partial charge >= 0.3 is 0 Å². The standard InChI is InChI=1S/C52H72O28/c1-20-12-23(6-10-27(20)71-50-42(68)45(37(63)31(17-55)75-50)78-48-35(61)22(3)34(60)29(15-53)73-48)4-8-25(58)14-26(59)9-5-24-7-11-28(21(2)13-24)72-51-43(69)46(38(64)32(18-56)76-51)80-52-44(70)47(39(65)33(19-57)77-52)79-49-41(67)40(66)36(62)30(16-54)74-49/h4-13,22,29-57,60-70H,14-19H2,1-3H3/b8-4+,9-5+/t22-,29+,30+,31+,32+,33+,34-,35+,36+,37+,38+,39+,40-,41+,42+,43+,44+,45-,46-,47-,48-,49-,50+,51+,52-/m0/s1. The zero-order valence-corrected chi connectivity index (χ0v) is 43.5. The van der Waals surface area contributed by atoms with Gasteiger partial charge in [-0.15, -0.1) is 0 Å². The monoisotopic (exact) mass is 1140 g/mol. The number of hydrogen-bond acceptors (Lipinski definition) is 28. The second kappa shape index (κ2) is 28.0. The molecule has 28 heteroatoms. The van der Waals surface area contributed by atoms with Crippen LogP contribution in [0.4, 0.5) is 0 Å². The first kappa shape index (κ1) is 63.5. The topological polar surface area (TPSA) is 450 Å². The summed E-state index contributed by atoms with van der Waals surface area (Å²) >= 11 is 0. The van der Waals surface area contributed by atoms with Gasteiger partial charge < -0.3 is 129 Å². The summed E-state index contributed by atoms with van der Waals surface area (Å²) in [4.78, 5) is 25.7. The quantitative estimate of drug-likeness (QED) is 0.0408. The first-order chi connectivity index (χ1) is 38.0. The number of allylic oxidation sites excluding steroid dienone is 2. The van der Waals surface area contributed by atoms with E-state index in [1.54, 1.807) is 32.0 Å². The highest BCUT2D eigenvalue weighted by Crippen LogP contribution is 2.36. The zero-order chi connectivity index (χ0) is 58.4. The lowest BCUT2D eigenvalue weighted by Crippen LogP contribution is -2.67. The maximum absolute atomic E-state index is 12.9. The highest BCUT2D eigenvalue weighted by Gasteiger charge is 2.55. The SMILES string of the molecule is Cc1cc(/C=C/C(=O)CC(=O)/C=C/c2ccc(O[C@@H]3O[C@H](CO)[C@@H](O)[C@H](O[C@@H]4O[C@H](CO)[C@@H](O)[C@H](O[C@@H]5O[C@H](CO)[C@@H](O)[C@H](O)[C@H]5O)[C@H]4O)[C@H]3O)c(C)c2)ccc1O[C@@H]1O[C@H](CO)[C@@H](O)[C@H](O[C@@H]2O[C@H](CO)[C@@H](O)[C@H](C)[C@H]2O)[C@H]1O. The van der Waals surface area contributed by atoms with Crippen LogP contribution in [-0.4, -0.2) is 274 Å². The van der Waals surface area contributed by atoms with Crippen molar-refractivity contribution in [1.29, 1.82) is 0 Å². The van der Waals surface area contributed by atoms with Crippen LogP contribution in [-0.2, 0) is 47.5 Å². The van der Waals surface area contributed by atoms with Crippen molar-refractivity contribution in [3.63, 3.8) is 0 Å². The Morgan fingerprint density at radius 2 is 0.750 bits per heavy atom. The molecular weight excluding hydrogens is 1070 g/mol. The van der Waals surface area contributed by atoms with Crippen LogP contribution < -0.4 is 9.47 Å². The maximum Gasteiger partial charge on any atom is 0.229 e. The highest BCUT2D eigenvalue weighted by molar-refractivity contribution is 6.10. The fourth-order valence-corrected chi connectivity index (χ4v) is 9.71. The molecule has 0 spiro atoms. The van der Waals surface area contributed by atoms with Gasteiger partial charge in [0.15, 0.2) is 30.4 Å². The van der Waals surface area contributed by atoms with Gasteiger partial charge in [0.05, 0.1) is 45.6 Å². The van der Waals surface area contributed by atoms with Crippen LogP contribution in [0.1, 0.15) is 35.6 Å². The second-order valence-electron chi connectivity index (χ2n) is 20.2. The molecule has 0 amide bonds. The third kappa shape index (κ3) is 14.3. The van der Waals surface area contributed by atoms with Crippen LogP contribution in [0.3, 0.4) is 0 Å². The largest absolute Gasteiger partial charge is 0.462 e. The van der Waals surface area contributed by atoms with E-state index in [4.69, 9.17) is 47.4 Å². The van der Waals surface area contributed by atoms with Gasteiger partial charge in [0.25, 0.3) is 0 Å². The minimum atomic E-state index is -2.03. The van der Waals surface area contributed by atoms with Gasteiger partial charge in [0.2, 0.25) is 12.6 Å². The number of ketones is 2. The van der Waals surface area contributed by atoms with Gasteiger partial charge in [-0.05, 0) is 72.5 Å². The molecule has 16 N–H and O–H groups in total. The van der Waals surface area contributed by atoms with E-state index in [0.717, 1.165) is 0 Å². The summed E-state index contributed by atoms with van der Waals surface area (Å²) in [6.07, 6.45) is -34.6. The van der Waals surface area contributed by atoms with Gasteiger partial charge in [-0.25, -0.2) is 0 Å². The van der Waals surface area contributed by atoms with Crippen molar-refractivity contribution in [3.05, 3.63) is 70.8 Å². The Morgan fingerprint density at radius 1 is 0.425 bits per heavy atom. The molecule has 2 aromatic carbocycles. The van der Waals surface area contributed by atoms with Crippen LogP contribution in [0.25, 0.3) is 12.2 Å². The Balaban J connectivity index is 0.923. The van der Waals surface area contributed by atoms with Crippen molar-refractivity contribution < 1.29 is 139 Å². The van der Waals surface area contributed by atoms with Crippen molar-refractivity contribution in [2.75, 3.05) is 33.0 Å². The van der Waals surface area contributed by atoms with E-state index < -0.39 is 204 Å². The summed E-state index contributed by atoms with van der Waals surface area (Å²) in [7, 11) is 0. The fraction of sp³-hybridized carbons (Fsp3) is 0.654. The Hall–Kier alpha value is -4.10. The minimum absolute atomic E-state index is 0.126. The summed E-state index contributed by atoms with van der Waals surface area (Å²) in [5.74, 6) is -1.56. The Morgan fingerprint density at radius 3 is 1.12 bits per heavy atom. The fourth-order valence-electron chi connectivity index (χ4n) is 9.71. The molecule has 5 aliphatic rings. The normalized spacial score (nSPS) is 40.8. The van der Waals surface area contributed by atoms with E-state index in [0.29, 0.717) is 22.3 Å². The molecule has 0 saturated carbocycles. The molecule has 448 valence electrons. The van der Waals surface area contributed by atoms with Crippen LogP contribution in [0.5, 0.6) is 11.5 Å². The lowest BCUT2D eigenvalue weighted by atomic mass is 9.90. The molecule has 0 unspecified atom stereocenters. The van der Waals surface area contributed by atoms with Crippen molar-refractivity contribution in [3.8, 4) is 11.5 Å². The molecule has 28 nitrogen and oxygen atoms in total. The van der Waals surface area contributed by atoms with Crippen LogP contribution in [0, 0.1) is 19.8 Å². The van der Waals surface area contributed by atoms with Gasteiger partial charge in [0, 0.05) is 5.92 Å². The number of ether oxygens (including phenoxy) is 10. The first-order valence-corrected chi connectivity index (χ1v) is 25.8. The summed E-state index contributed by atoms with van der Waals surface area (Å²) < 4.78 is 56.8. The Labute approximate surface area is 457 Å². The molecule has 5 saturated heterocycles. The third-order valence-electron chi connectivity index (χ3n) is 14.6. The number of rotatable bonds is 21. The molecule has 0 aromatic heterocycles. The van der Waals surface area contributed by atoms with E-state index in [2.05, 4.69) is 0 Å². The maximum atomic E-state index is 12.9. The van der Waals surface area contributed by atoms with E-state index in [9.17, 15) is 91.3 Å². The van der Waals surface area contributed by atoms with Crippen LogP contribution >= 0.6 is 0 Å². The van der Waals surface area contributed by atoms with E-state index in [1.807, 2.05) is 0 Å². The number of benzene rings is 2. The van der Waals surface area contributed by atoms with E-state index >= 15 is 0 Å². The zero-order valence-electron chi connectivity index (χ0n) is 43.5. The van der Waals surface area contributed by atoms with Crippen LogP contribution in [0.15, 0.2) is 48.6 Å². The number of carbonyl (C=O) groups excluding carboxylic acids is 2. The van der Waals surface area contributed by atoms with Crippen molar-refractivity contribution in [2.45, 2.75) is 175 Å². The van der Waals surface area contributed by atoms with Crippen LogP contribution in [0.2, 0.25) is 0 Å². The Bertz CT molecular complexity index is 2410. The number of aliphatic hydroxyl groups is 16. The van der Waals surface area contributed by atoms with E-state index in [1.165, 1.54) is 49.4 Å². The molecule has 0 radical (unpaired) electrons. The summed E-state index contributed by atoms with van der Waals surface area (Å²) in [5.41, 5.74) is 1.97. The number of aliphatic hydroxyl groups excluding tert-OH is 16. The molecule has 5 heterocycles. The summed E-state index contributed by atoms with van der Waals surface area (Å²) in [6.45, 7) is 0.942. The number of hydrogen-bond donors (Lipinski definition) is 16. The van der Waals surface area contributed by atoms with Gasteiger partial charge in [0.1, 0.15) is 121 Å². The molecule has 0 bridgehead atoms. The molecular formula is C52H72O28. The smallest absolute Gasteiger partial charge is 0.229 e. The minimum Gasteiger partial charge on any atom is -0.462 e. The van der Waals surface area contributed by atoms with Gasteiger partial charge in [-0.2, -0.15) is 0 Å². The second-order valence-corrected chi connectivity index (χ2v) is 20.2. The van der Waals surface area contributed by atoms with Gasteiger partial charge in [-0.3, -0.25) is 9.59 Å². The first-order valence-electron chi connectivity index (χ1n) is 25.8. The molecule has 5 aliphatic heterocycles. The van der Waals surface area contributed by atoms with Crippen molar-refractivity contribution >= 4 is 23.7 Å². The predicted molar refractivity (Wildman–Crippen MR) is 265 cm³/mol. The van der Waals surface area contributed by atoms with E-state index in [-0.39, 0.29) is 11.5 Å². The molecule has 2 aromatic rings. The average molecular weight is 1150 g/mol. The number of carbonyl (C=O) groups is 2. The Kier molecular flexibility index (Phi) is 22.2. The number of aryl methyl sites for hydroxylation is 2. The highest BCUT2D eigenvalue weighted by atomic mass is 16.8. The summed E-state index contributed by atoms with van der Waals surface area (Å²) in [5, 5.41) is 168. The van der Waals surface area contributed by atoms with Crippen molar-refractivity contribution in [1.82, 2.24) is 0 Å². The molecule has 25 atom stereocenters. The summed E-state index contributed by atoms with van der Waals surface area (Å²) in [6, 6.07) is 9.32. The average Bonchev–Trinajstić information content (AvgIpc) is 3.44. The van der Waals surface area contributed by atoms with Gasteiger partial charge in [-0.1, -0.05) is 31.2 Å². The lowest BCUT2D eigenvalue weighted by Gasteiger charge is -2.48. The third-order valence-corrected chi connectivity index (χ3v) is 14.6. The molecule has 80 heavy (non-hydrogen) atoms. The molecule has 0 aliphatic carbocycles. The molecule has 5 fully saturated rings. The molecule has 7 rings (SSSR count). The predicted octanol–water partition coefficient (Wildman–Crippen LogP) is -6.34.